The van der Waals surface area contributed by atoms with Gasteiger partial charge in [-0.15, -0.1) is 11.3 Å². The fraction of sp³-hybridized carbons (Fsp3) is 0.171. The standard InChI is InChI=1S/C41H34FNOS/c42-37-17-7-6-16-36(37)41(32-18-20-33(21-19-32)43-25-8-9-26-43)24-10-15-35-34-14-5-4-13-30(34)27-31(28-38(35)44-41)40-23-22-39(45-40)29-11-2-1-3-12-29/h1-7,10-14,16-24,28H,8-9,15,25-27H2. The van der Waals surface area contributed by atoms with E-state index in [2.05, 4.69) is 114 Å². The van der Waals surface area contributed by atoms with E-state index in [1.54, 1.807) is 17.4 Å². The van der Waals surface area contributed by atoms with Gasteiger partial charge in [-0.05, 0) is 90.4 Å². The number of allylic oxidation sites excluding steroid dienone is 4. The van der Waals surface area contributed by atoms with Gasteiger partial charge in [0.25, 0.3) is 0 Å². The van der Waals surface area contributed by atoms with Gasteiger partial charge in [-0.1, -0.05) is 91.0 Å². The van der Waals surface area contributed by atoms with E-state index in [0.717, 1.165) is 36.4 Å². The minimum atomic E-state index is -1.13. The Morgan fingerprint density at radius 1 is 0.733 bits per heavy atom. The Hall–Kier alpha value is -4.67. The van der Waals surface area contributed by atoms with Crippen molar-refractivity contribution in [1.82, 2.24) is 0 Å². The van der Waals surface area contributed by atoms with Crippen molar-refractivity contribution < 1.29 is 9.13 Å². The molecule has 0 amide bonds. The molecule has 4 heteroatoms. The molecule has 0 bridgehead atoms. The molecule has 1 aromatic heterocycles. The fourth-order valence-corrected chi connectivity index (χ4v) is 8.02. The molecule has 222 valence electrons. The molecule has 0 spiro atoms. The molecular weight excluding hydrogens is 574 g/mol. The summed E-state index contributed by atoms with van der Waals surface area (Å²) in [7, 11) is 0. The van der Waals surface area contributed by atoms with Crippen molar-refractivity contribution >= 4 is 28.2 Å². The molecule has 0 radical (unpaired) electrons. The summed E-state index contributed by atoms with van der Waals surface area (Å²) in [4.78, 5) is 4.87. The van der Waals surface area contributed by atoms with Crippen LogP contribution >= 0.6 is 11.3 Å². The van der Waals surface area contributed by atoms with Crippen LogP contribution in [-0.2, 0) is 16.8 Å². The number of halogens is 1. The maximum atomic E-state index is 15.9. The van der Waals surface area contributed by atoms with Crippen LogP contribution in [0.2, 0.25) is 0 Å². The Labute approximate surface area is 268 Å². The number of benzene rings is 4. The molecule has 1 aliphatic carbocycles. The highest BCUT2D eigenvalue weighted by atomic mass is 32.1. The van der Waals surface area contributed by atoms with Crippen LogP contribution in [-0.4, -0.2) is 13.1 Å². The zero-order valence-electron chi connectivity index (χ0n) is 25.1. The molecule has 0 saturated carbocycles. The van der Waals surface area contributed by atoms with Crippen LogP contribution in [0.5, 0.6) is 0 Å². The van der Waals surface area contributed by atoms with Gasteiger partial charge >= 0.3 is 0 Å². The number of anilines is 1. The van der Waals surface area contributed by atoms with Gasteiger partial charge in [0.15, 0.2) is 5.60 Å². The monoisotopic (exact) mass is 607 g/mol. The molecule has 1 atom stereocenters. The minimum absolute atomic E-state index is 0.279. The molecule has 4 aromatic carbocycles. The molecule has 45 heavy (non-hydrogen) atoms. The zero-order chi connectivity index (χ0) is 30.2. The Kier molecular flexibility index (Phi) is 7.23. The van der Waals surface area contributed by atoms with Crippen LogP contribution in [0.15, 0.2) is 139 Å². The van der Waals surface area contributed by atoms with Gasteiger partial charge in [-0.2, -0.15) is 0 Å². The number of fused-ring (bicyclic) bond motifs is 2. The third-order valence-corrected chi connectivity index (χ3v) is 10.5. The van der Waals surface area contributed by atoms with Gasteiger partial charge in [0.2, 0.25) is 0 Å². The highest BCUT2D eigenvalue weighted by Gasteiger charge is 2.39. The second-order valence-electron chi connectivity index (χ2n) is 12.0. The average molecular weight is 608 g/mol. The Morgan fingerprint density at radius 3 is 2.29 bits per heavy atom. The number of ether oxygens (including phenoxy) is 1. The van der Waals surface area contributed by atoms with Gasteiger partial charge in [0.05, 0.1) is 0 Å². The van der Waals surface area contributed by atoms with Crippen molar-refractivity contribution in [3.05, 3.63) is 172 Å². The van der Waals surface area contributed by atoms with Crippen molar-refractivity contribution in [1.29, 1.82) is 0 Å². The van der Waals surface area contributed by atoms with Crippen molar-refractivity contribution in [3.8, 4) is 10.4 Å². The normalized spacial score (nSPS) is 19.3. The van der Waals surface area contributed by atoms with Crippen LogP contribution < -0.4 is 4.90 Å². The quantitative estimate of drug-likeness (QED) is 0.184. The van der Waals surface area contributed by atoms with E-state index in [1.807, 2.05) is 12.1 Å². The highest BCUT2D eigenvalue weighted by Crippen LogP contribution is 2.47. The second-order valence-corrected chi connectivity index (χ2v) is 13.1. The minimum Gasteiger partial charge on any atom is -0.473 e. The molecule has 3 aliphatic rings. The van der Waals surface area contributed by atoms with Gasteiger partial charge in [-0.25, -0.2) is 4.39 Å². The lowest BCUT2D eigenvalue weighted by Crippen LogP contribution is -2.30. The summed E-state index contributed by atoms with van der Waals surface area (Å²) in [6.45, 7) is 2.15. The van der Waals surface area contributed by atoms with E-state index < -0.39 is 5.60 Å². The molecule has 1 unspecified atom stereocenters. The van der Waals surface area contributed by atoms with Crippen molar-refractivity contribution in [2.75, 3.05) is 18.0 Å². The first kappa shape index (κ1) is 27.8. The highest BCUT2D eigenvalue weighted by molar-refractivity contribution is 7.16. The van der Waals surface area contributed by atoms with E-state index in [4.69, 9.17) is 4.74 Å². The molecule has 5 aromatic rings. The summed E-state index contributed by atoms with van der Waals surface area (Å²) in [5.74, 6) is 0.514. The fourth-order valence-electron chi connectivity index (χ4n) is 6.99. The summed E-state index contributed by atoms with van der Waals surface area (Å²) < 4.78 is 23.1. The summed E-state index contributed by atoms with van der Waals surface area (Å²) in [5, 5.41) is 0. The summed E-state index contributed by atoms with van der Waals surface area (Å²) in [5.41, 5.74) is 7.51. The second kappa shape index (κ2) is 11.7. The van der Waals surface area contributed by atoms with Crippen molar-refractivity contribution in [2.24, 2.45) is 0 Å². The van der Waals surface area contributed by atoms with Crippen molar-refractivity contribution in [2.45, 2.75) is 31.3 Å². The Bertz CT molecular complexity index is 1950. The lowest BCUT2D eigenvalue weighted by atomic mass is 9.85. The van der Waals surface area contributed by atoms with E-state index in [0.29, 0.717) is 12.0 Å². The molecule has 1 fully saturated rings. The van der Waals surface area contributed by atoms with Crippen LogP contribution in [0.4, 0.5) is 10.1 Å². The predicted octanol–water partition coefficient (Wildman–Crippen LogP) is 10.4. The van der Waals surface area contributed by atoms with E-state index in [9.17, 15) is 0 Å². The first-order valence-electron chi connectivity index (χ1n) is 15.8. The third-order valence-electron chi connectivity index (χ3n) is 9.29. The van der Waals surface area contributed by atoms with Crippen LogP contribution in [0.3, 0.4) is 0 Å². The van der Waals surface area contributed by atoms with Gasteiger partial charge < -0.3 is 9.64 Å². The number of hydrogen-bond donors (Lipinski definition) is 0. The van der Waals surface area contributed by atoms with Crippen LogP contribution in [0, 0.1) is 5.82 Å². The van der Waals surface area contributed by atoms with Gasteiger partial charge in [0.1, 0.15) is 11.6 Å². The number of rotatable bonds is 5. The smallest absolute Gasteiger partial charge is 0.180 e. The van der Waals surface area contributed by atoms with Gasteiger partial charge in [-0.3, -0.25) is 0 Å². The molecular formula is C41H34FNOS. The average Bonchev–Trinajstić information content (AvgIpc) is 3.74. The maximum Gasteiger partial charge on any atom is 0.180 e. The molecule has 2 aliphatic heterocycles. The Balaban J connectivity index is 1.28. The van der Waals surface area contributed by atoms with E-state index in [1.165, 1.54) is 56.6 Å². The predicted molar refractivity (Wildman–Crippen MR) is 185 cm³/mol. The lowest BCUT2D eigenvalue weighted by molar-refractivity contribution is 0.0862. The van der Waals surface area contributed by atoms with Crippen LogP contribution in [0.25, 0.3) is 21.6 Å². The third kappa shape index (κ3) is 5.13. The number of thiophene rings is 1. The summed E-state index contributed by atoms with van der Waals surface area (Å²) in [6.07, 6.45) is 10.4. The van der Waals surface area contributed by atoms with E-state index in [-0.39, 0.29) is 5.82 Å². The zero-order valence-corrected chi connectivity index (χ0v) is 25.9. The first-order chi connectivity index (χ1) is 22.2. The van der Waals surface area contributed by atoms with Crippen LogP contribution in [0.1, 0.15) is 46.4 Å². The molecule has 3 heterocycles. The summed E-state index contributed by atoms with van der Waals surface area (Å²) >= 11 is 1.80. The van der Waals surface area contributed by atoms with E-state index >= 15 is 4.39 Å². The molecule has 0 N–H and O–H groups in total. The molecule has 2 nitrogen and oxygen atoms in total. The largest absolute Gasteiger partial charge is 0.473 e. The number of nitrogens with zero attached hydrogens (tertiary/aromatic N) is 1. The van der Waals surface area contributed by atoms with Crippen molar-refractivity contribution in [3.63, 3.8) is 0 Å². The van der Waals surface area contributed by atoms with Gasteiger partial charge in [0, 0.05) is 45.2 Å². The lowest BCUT2D eigenvalue weighted by Gasteiger charge is -2.34. The molecule has 8 rings (SSSR count). The topological polar surface area (TPSA) is 12.5 Å². The first-order valence-corrected chi connectivity index (χ1v) is 16.6. The maximum absolute atomic E-state index is 15.9. The summed E-state index contributed by atoms with van der Waals surface area (Å²) in [6, 6.07) is 39.2. The molecule has 1 saturated heterocycles. The SMILES string of the molecule is Fc1ccccc1C1(c2ccc(N3CCCC3)cc2)C=CCC2=C(C=C(c3ccc(-c4ccccc4)s3)Cc3ccccc32)O1. The number of hydrogen-bond acceptors (Lipinski definition) is 3. The Morgan fingerprint density at radius 2 is 1.47 bits per heavy atom.